The third kappa shape index (κ3) is 55.4. The Morgan fingerprint density at radius 1 is 0.338 bits per heavy atom. The molecule has 0 aromatic carbocycles. The van der Waals surface area contributed by atoms with E-state index in [1.54, 1.807) is 0 Å². The van der Waals surface area contributed by atoms with Gasteiger partial charge in [0.05, 0.1) is 6.61 Å². The van der Waals surface area contributed by atoms with Gasteiger partial charge < -0.3 is 14.2 Å². The lowest BCUT2D eigenvalue weighted by Crippen LogP contribution is -2.30. The SMILES string of the molecule is CC/C=C\C/C=C\C/C=C\CCCCCCCCCC(=O)OCC(COCCCCCCCCCC/C=C\C/C=C\CCCCC)OC(=O)CCCCCCCCC/C=C\C/C=C\C/C=C\CC. The van der Waals surface area contributed by atoms with Gasteiger partial charge in [0.2, 0.25) is 0 Å². The standard InChI is InChI=1S/C63H108O5/c1-4-7-10-13-16-19-22-25-28-31-34-37-40-43-46-49-52-55-58-66-59-61(68-63(65)57-54-51-48-45-42-39-36-33-30-27-24-21-18-15-12-9-6-3)60-67-62(64)56-53-50-47-44-41-38-35-32-29-26-23-20-17-14-11-8-5-2/h8-9,11-12,16-21,25-30,61H,4-7,10,13-15,22-24,31-60H2,1-3H3/b11-8-,12-9-,19-16-,20-17-,21-18-,28-25-,29-26-,30-27-. The van der Waals surface area contributed by atoms with Crippen molar-refractivity contribution in [1.29, 1.82) is 0 Å². The zero-order chi connectivity index (χ0) is 49.2. The molecule has 1 unspecified atom stereocenters. The molecule has 0 fully saturated rings. The second-order valence-corrected chi connectivity index (χ2v) is 18.8. The number of unbranched alkanes of at least 4 members (excludes halogenated alkanes) is 25. The fourth-order valence-electron chi connectivity index (χ4n) is 7.86. The molecule has 0 radical (unpaired) electrons. The van der Waals surface area contributed by atoms with E-state index < -0.39 is 6.10 Å². The van der Waals surface area contributed by atoms with Gasteiger partial charge in [-0.05, 0) is 116 Å². The van der Waals surface area contributed by atoms with Crippen LogP contribution in [0.5, 0.6) is 0 Å². The van der Waals surface area contributed by atoms with E-state index in [0.717, 1.165) is 109 Å². The van der Waals surface area contributed by atoms with E-state index in [1.807, 2.05) is 0 Å². The van der Waals surface area contributed by atoms with Crippen molar-refractivity contribution in [3.05, 3.63) is 97.2 Å². The van der Waals surface area contributed by atoms with E-state index in [9.17, 15) is 9.59 Å². The Kier molecular flexibility index (Phi) is 55.4. The molecule has 0 spiro atoms. The second kappa shape index (κ2) is 58.1. The van der Waals surface area contributed by atoms with Crippen LogP contribution in [-0.4, -0.2) is 37.9 Å². The predicted molar refractivity (Wildman–Crippen MR) is 297 cm³/mol. The van der Waals surface area contributed by atoms with Crippen molar-refractivity contribution in [2.45, 2.75) is 271 Å². The number of esters is 2. The molecule has 0 aliphatic rings. The lowest BCUT2D eigenvalue weighted by Gasteiger charge is -2.18. The Morgan fingerprint density at radius 2 is 0.662 bits per heavy atom. The smallest absolute Gasteiger partial charge is 0.306 e. The molecule has 0 aromatic heterocycles. The minimum Gasteiger partial charge on any atom is -0.462 e. The number of allylic oxidation sites excluding steroid dienone is 16. The highest BCUT2D eigenvalue weighted by Crippen LogP contribution is 2.14. The maximum Gasteiger partial charge on any atom is 0.306 e. The van der Waals surface area contributed by atoms with Crippen molar-refractivity contribution in [1.82, 2.24) is 0 Å². The molecule has 5 nitrogen and oxygen atoms in total. The quantitative estimate of drug-likeness (QED) is 0.0345. The molecule has 0 heterocycles. The van der Waals surface area contributed by atoms with Crippen molar-refractivity contribution in [2.75, 3.05) is 19.8 Å². The number of hydrogen-bond donors (Lipinski definition) is 0. The Bertz CT molecular complexity index is 1300. The minimum atomic E-state index is -0.555. The molecule has 0 rings (SSSR count). The summed E-state index contributed by atoms with van der Waals surface area (Å²) in [5, 5.41) is 0. The van der Waals surface area contributed by atoms with Gasteiger partial charge in [-0.3, -0.25) is 9.59 Å². The summed E-state index contributed by atoms with van der Waals surface area (Å²) in [7, 11) is 0. The Balaban J connectivity index is 4.33. The maximum atomic E-state index is 12.9. The van der Waals surface area contributed by atoms with Gasteiger partial charge in [-0.1, -0.05) is 234 Å². The lowest BCUT2D eigenvalue weighted by atomic mass is 10.1. The zero-order valence-electron chi connectivity index (χ0n) is 44.8. The summed E-state index contributed by atoms with van der Waals surface area (Å²) >= 11 is 0. The molecular weight excluding hydrogens is 837 g/mol. The molecule has 0 aromatic rings. The van der Waals surface area contributed by atoms with Crippen LogP contribution in [0.2, 0.25) is 0 Å². The summed E-state index contributed by atoms with van der Waals surface area (Å²) in [4.78, 5) is 25.5. The van der Waals surface area contributed by atoms with Gasteiger partial charge in [-0.15, -0.1) is 0 Å². The average molecular weight is 946 g/mol. The van der Waals surface area contributed by atoms with Gasteiger partial charge in [0.25, 0.3) is 0 Å². The third-order valence-corrected chi connectivity index (χ3v) is 12.1. The fraction of sp³-hybridized carbons (Fsp3) is 0.714. The Morgan fingerprint density at radius 3 is 1.06 bits per heavy atom. The largest absolute Gasteiger partial charge is 0.462 e. The zero-order valence-corrected chi connectivity index (χ0v) is 44.8. The molecule has 68 heavy (non-hydrogen) atoms. The first kappa shape index (κ1) is 64.8. The molecule has 0 saturated carbocycles. The maximum absolute atomic E-state index is 12.9. The number of carbonyl (C=O) groups excluding carboxylic acids is 2. The van der Waals surface area contributed by atoms with Gasteiger partial charge >= 0.3 is 11.9 Å². The molecule has 1 atom stereocenters. The van der Waals surface area contributed by atoms with Crippen LogP contribution in [-0.2, 0) is 23.8 Å². The number of hydrogen-bond acceptors (Lipinski definition) is 5. The molecule has 0 saturated heterocycles. The highest BCUT2D eigenvalue weighted by Gasteiger charge is 2.17. The van der Waals surface area contributed by atoms with Gasteiger partial charge in [0.15, 0.2) is 6.10 Å². The van der Waals surface area contributed by atoms with Gasteiger partial charge in [0.1, 0.15) is 6.61 Å². The van der Waals surface area contributed by atoms with Gasteiger partial charge in [0, 0.05) is 19.4 Å². The lowest BCUT2D eigenvalue weighted by molar-refractivity contribution is -0.163. The van der Waals surface area contributed by atoms with Crippen LogP contribution in [0, 0.1) is 0 Å². The summed E-state index contributed by atoms with van der Waals surface area (Å²) in [5.74, 6) is -0.420. The first-order valence-electron chi connectivity index (χ1n) is 28.8. The van der Waals surface area contributed by atoms with E-state index in [2.05, 4.69) is 118 Å². The van der Waals surface area contributed by atoms with Crippen molar-refractivity contribution < 1.29 is 23.8 Å². The summed E-state index contributed by atoms with van der Waals surface area (Å²) in [5.41, 5.74) is 0. The van der Waals surface area contributed by atoms with Crippen molar-refractivity contribution in [3.8, 4) is 0 Å². The predicted octanol–water partition coefficient (Wildman–Crippen LogP) is 19.8. The molecule has 0 aliphatic carbocycles. The van der Waals surface area contributed by atoms with Crippen molar-refractivity contribution in [3.63, 3.8) is 0 Å². The molecule has 390 valence electrons. The van der Waals surface area contributed by atoms with E-state index in [0.29, 0.717) is 19.4 Å². The second-order valence-electron chi connectivity index (χ2n) is 18.8. The van der Waals surface area contributed by atoms with E-state index in [4.69, 9.17) is 14.2 Å². The molecule has 0 aliphatic heterocycles. The van der Waals surface area contributed by atoms with Gasteiger partial charge in [-0.2, -0.15) is 0 Å². The Labute approximate surface area is 422 Å². The van der Waals surface area contributed by atoms with E-state index in [-0.39, 0.29) is 25.2 Å². The minimum absolute atomic E-state index is 0.0696. The number of rotatable bonds is 52. The van der Waals surface area contributed by atoms with Crippen molar-refractivity contribution >= 4 is 11.9 Å². The molecule has 0 amide bonds. The van der Waals surface area contributed by atoms with Gasteiger partial charge in [-0.25, -0.2) is 0 Å². The van der Waals surface area contributed by atoms with Crippen LogP contribution in [0.4, 0.5) is 0 Å². The van der Waals surface area contributed by atoms with Crippen LogP contribution < -0.4 is 0 Å². The first-order valence-corrected chi connectivity index (χ1v) is 28.8. The summed E-state index contributed by atoms with van der Waals surface area (Å²) in [6, 6.07) is 0. The Hall–Kier alpha value is -3.18. The third-order valence-electron chi connectivity index (χ3n) is 12.1. The van der Waals surface area contributed by atoms with Crippen LogP contribution in [0.3, 0.4) is 0 Å². The first-order chi connectivity index (χ1) is 33.6. The van der Waals surface area contributed by atoms with Crippen LogP contribution in [0.15, 0.2) is 97.2 Å². The fourth-order valence-corrected chi connectivity index (χ4v) is 7.86. The van der Waals surface area contributed by atoms with E-state index in [1.165, 1.54) is 122 Å². The van der Waals surface area contributed by atoms with Crippen LogP contribution in [0.25, 0.3) is 0 Å². The molecule has 5 heteroatoms. The summed E-state index contributed by atoms with van der Waals surface area (Å²) in [6.45, 7) is 7.57. The van der Waals surface area contributed by atoms with Crippen LogP contribution in [0.1, 0.15) is 265 Å². The van der Waals surface area contributed by atoms with E-state index >= 15 is 0 Å². The normalized spacial score (nSPS) is 12.9. The highest BCUT2D eigenvalue weighted by molar-refractivity contribution is 5.70. The van der Waals surface area contributed by atoms with Crippen molar-refractivity contribution in [2.24, 2.45) is 0 Å². The summed E-state index contributed by atoms with van der Waals surface area (Å²) in [6.07, 6.45) is 78.5. The summed E-state index contributed by atoms with van der Waals surface area (Å²) < 4.78 is 17.5. The molecule has 0 N–H and O–H groups in total. The molecular formula is C63H108O5. The number of carbonyl (C=O) groups is 2. The monoisotopic (exact) mass is 945 g/mol. The average Bonchev–Trinajstić information content (AvgIpc) is 3.34. The number of ether oxygens (including phenoxy) is 3. The molecule has 0 bridgehead atoms. The topological polar surface area (TPSA) is 61.8 Å². The highest BCUT2D eigenvalue weighted by atomic mass is 16.6. The van der Waals surface area contributed by atoms with Crippen LogP contribution >= 0.6 is 0 Å².